The fraction of sp³-hybridized carbons (Fsp3) is 0. The average molecular weight is 276 g/mol. The van der Waals surface area contributed by atoms with Crippen molar-refractivity contribution in [3.05, 3.63) is 0 Å². The van der Waals surface area contributed by atoms with Crippen LogP contribution in [-0.2, 0) is 0 Å². The molecule has 0 aromatic heterocycles. The van der Waals surface area contributed by atoms with Crippen LogP contribution in [0.1, 0.15) is 0 Å². The van der Waals surface area contributed by atoms with E-state index in [2.05, 4.69) is 0 Å². The Morgan fingerprint density at radius 1 is 1.00 bits per heavy atom. The summed E-state index contributed by atoms with van der Waals surface area (Å²) >= 11 is 0. The Labute approximate surface area is 69.0 Å². The summed E-state index contributed by atoms with van der Waals surface area (Å²) in [5, 5.41) is 0. The number of hydrogen-bond acceptors (Lipinski definition) is 1. The molecule has 0 unspecified atom stereocenters. The SMILES string of the molecule is N.[As].[Ga].[In]. The zero-order valence-corrected chi connectivity index (χ0v) is 9.90. The van der Waals surface area contributed by atoms with Crippen molar-refractivity contribution in [1.29, 1.82) is 0 Å². The predicted octanol–water partition coefficient (Wildman–Crippen LogP) is -0.980. The molecule has 0 aromatic rings. The fourth-order valence-corrected chi connectivity index (χ4v) is 0. The Balaban J connectivity index is 0. The molecule has 4 heavy (non-hydrogen) atoms. The third kappa shape index (κ3) is 8.98. The molecule has 0 amide bonds. The van der Waals surface area contributed by atoms with Crippen LogP contribution in [0.5, 0.6) is 0 Å². The van der Waals surface area contributed by atoms with Crippen LogP contribution in [0.3, 0.4) is 0 Å². The molecule has 4 heteroatoms. The van der Waals surface area contributed by atoms with Gasteiger partial charge >= 0.3 is 0 Å². The summed E-state index contributed by atoms with van der Waals surface area (Å²) < 4.78 is 0. The molecule has 0 spiro atoms. The quantitative estimate of drug-likeness (QED) is 0.567. The van der Waals surface area contributed by atoms with E-state index in [0.29, 0.717) is 0 Å². The third-order valence-corrected chi connectivity index (χ3v) is 0. The molecule has 0 bridgehead atoms. The van der Waals surface area contributed by atoms with E-state index in [1.165, 1.54) is 0 Å². The molecule has 9 radical (unpaired) electrons. The first-order valence-corrected chi connectivity index (χ1v) is 0. The topological polar surface area (TPSA) is 35.0 Å². The predicted molar refractivity (Wildman–Crippen MR) is 22.3 cm³/mol. The summed E-state index contributed by atoms with van der Waals surface area (Å²) in [6.07, 6.45) is 0. The molecule has 0 aliphatic rings. The Kier molecular flexibility index (Phi) is 184. The standard InChI is InChI=1S/As.Ga.In.H3N/h;;;1H3. The minimum atomic E-state index is 0. The Morgan fingerprint density at radius 3 is 1.00 bits per heavy atom. The van der Waals surface area contributed by atoms with Crippen LogP contribution < -0.4 is 6.15 Å². The zero-order chi connectivity index (χ0) is 0. The van der Waals surface area contributed by atoms with Crippen molar-refractivity contribution in [2.45, 2.75) is 0 Å². The second-order valence-corrected chi connectivity index (χ2v) is 0. The van der Waals surface area contributed by atoms with Gasteiger partial charge in [0.15, 0.2) is 0 Å². The second-order valence-electron chi connectivity index (χ2n) is 0. The van der Waals surface area contributed by atoms with Gasteiger partial charge in [-0.3, -0.25) is 0 Å². The van der Waals surface area contributed by atoms with Gasteiger partial charge in [0.1, 0.15) is 0 Å². The summed E-state index contributed by atoms with van der Waals surface area (Å²) in [5.41, 5.74) is 0. The van der Waals surface area contributed by atoms with E-state index in [1.807, 2.05) is 0 Å². The van der Waals surface area contributed by atoms with E-state index in [-0.39, 0.29) is 69.7 Å². The molecular formula is H3AsGaInN. The molecule has 0 aromatic carbocycles. The van der Waals surface area contributed by atoms with Gasteiger partial charge in [-0.15, -0.1) is 0 Å². The molecule has 0 aliphatic carbocycles. The van der Waals surface area contributed by atoms with Crippen molar-refractivity contribution in [2.24, 2.45) is 0 Å². The Bertz CT molecular complexity index is 8.00. The fourth-order valence-electron chi connectivity index (χ4n) is 0. The first-order chi connectivity index (χ1) is 0. The van der Waals surface area contributed by atoms with Gasteiger partial charge in [-0.1, -0.05) is 0 Å². The van der Waals surface area contributed by atoms with Gasteiger partial charge < -0.3 is 6.15 Å². The summed E-state index contributed by atoms with van der Waals surface area (Å²) in [5.74, 6) is 0. The summed E-state index contributed by atoms with van der Waals surface area (Å²) in [6.45, 7) is 0. The zero-order valence-electron chi connectivity index (χ0n) is 2.31. The van der Waals surface area contributed by atoms with Crippen molar-refractivity contribution in [3.63, 3.8) is 0 Å². The van der Waals surface area contributed by atoms with E-state index in [4.69, 9.17) is 0 Å². The smallest absolute Gasteiger partial charge is 0 e. The van der Waals surface area contributed by atoms with E-state index in [9.17, 15) is 0 Å². The van der Waals surface area contributed by atoms with E-state index >= 15 is 0 Å². The van der Waals surface area contributed by atoms with Crippen LogP contribution in [0, 0.1) is 0 Å². The maximum Gasteiger partial charge on any atom is 0 e. The molecular weight excluding hydrogens is 273 g/mol. The molecule has 19 valence electrons. The van der Waals surface area contributed by atoms with Gasteiger partial charge in [0.25, 0.3) is 0 Å². The summed E-state index contributed by atoms with van der Waals surface area (Å²) in [4.78, 5) is 0. The summed E-state index contributed by atoms with van der Waals surface area (Å²) in [6, 6.07) is 0. The molecule has 0 fully saturated rings. The van der Waals surface area contributed by atoms with Crippen molar-refractivity contribution >= 4 is 63.6 Å². The van der Waals surface area contributed by atoms with Gasteiger partial charge in [0.05, 0.1) is 0 Å². The first kappa shape index (κ1) is 37.1. The van der Waals surface area contributed by atoms with Crippen molar-refractivity contribution < 1.29 is 0 Å². The maximum atomic E-state index is 0. The van der Waals surface area contributed by atoms with Gasteiger partial charge in [-0.05, 0) is 0 Å². The van der Waals surface area contributed by atoms with Crippen LogP contribution in [0.15, 0.2) is 0 Å². The largest absolute Gasteiger partial charge is 0.344 e. The summed E-state index contributed by atoms with van der Waals surface area (Å²) in [7, 11) is 0. The van der Waals surface area contributed by atoms with Gasteiger partial charge in [-0.25, -0.2) is 0 Å². The molecule has 1 nitrogen and oxygen atoms in total. The third-order valence-electron chi connectivity index (χ3n) is 0. The Morgan fingerprint density at radius 2 is 1.00 bits per heavy atom. The average Bonchev–Trinajstić information content (AvgIpc) is 0. The molecule has 0 saturated carbocycles. The van der Waals surface area contributed by atoms with Crippen LogP contribution in [0.4, 0.5) is 0 Å². The van der Waals surface area contributed by atoms with Gasteiger partial charge in [0.2, 0.25) is 0 Å². The van der Waals surface area contributed by atoms with Crippen molar-refractivity contribution in [2.75, 3.05) is 0 Å². The number of rotatable bonds is 0. The molecule has 0 atom stereocenters. The first-order valence-electron chi connectivity index (χ1n) is 0. The van der Waals surface area contributed by atoms with E-state index < -0.39 is 0 Å². The molecule has 0 rings (SSSR count). The van der Waals surface area contributed by atoms with Gasteiger partial charge in [0, 0.05) is 63.6 Å². The van der Waals surface area contributed by atoms with Crippen LogP contribution >= 0.6 is 0 Å². The minimum Gasteiger partial charge on any atom is -0.344 e. The molecule has 3 N–H and O–H groups in total. The number of hydrogen-bond donors (Lipinski definition) is 1. The van der Waals surface area contributed by atoms with E-state index in [1.54, 1.807) is 0 Å². The monoisotopic (exact) mass is 276 g/mol. The van der Waals surface area contributed by atoms with Crippen LogP contribution in [-0.4, -0.2) is 63.6 Å². The van der Waals surface area contributed by atoms with Crippen molar-refractivity contribution in [1.82, 2.24) is 6.15 Å². The maximum absolute atomic E-state index is 0. The van der Waals surface area contributed by atoms with E-state index in [0.717, 1.165) is 0 Å². The van der Waals surface area contributed by atoms with Gasteiger partial charge in [-0.2, -0.15) is 0 Å². The van der Waals surface area contributed by atoms with Crippen molar-refractivity contribution in [3.8, 4) is 0 Å². The molecule has 0 saturated heterocycles. The minimum absolute atomic E-state index is 0. The normalized spacial score (nSPS) is 0. The second kappa shape index (κ2) is 19.9. The molecule has 0 aliphatic heterocycles. The van der Waals surface area contributed by atoms with Crippen LogP contribution in [0.2, 0.25) is 0 Å². The molecule has 0 heterocycles. The Hall–Kier alpha value is 2.02. The van der Waals surface area contributed by atoms with Crippen LogP contribution in [0.25, 0.3) is 0 Å².